The van der Waals surface area contributed by atoms with E-state index in [1.165, 1.54) is 25.3 Å². The minimum absolute atomic E-state index is 0.0217. The highest BCUT2D eigenvalue weighted by Gasteiger charge is 2.46. The minimum Gasteiger partial charge on any atom is -0.386 e. The van der Waals surface area contributed by atoms with Crippen LogP contribution in [0.25, 0.3) is 0 Å². The van der Waals surface area contributed by atoms with E-state index in [0.29, 0.717) is 5.56 Å². The van der Waals surface area contributed by atoms with E-state index in [1.807, 2.05) is 0 Å². The van der Waals surface area contributed by atoms with Gasteiger partial charge in [-0.15, -0.1) is 0 Å². The van der Waals surface area contributed by atoms with E-state index in [1.54, 1.807) is 20.8 Å². The van der Waals surface area contributed by atoms with Gasteiger partial charge in [-0.1, -0.05) is 0 Å². The van der Waals surface area contributed by atoms with Gasteiger partial charge in [-0.2, -0.15) is 0 Å². The molecule has 2 aromatic rings. The zero-order valence-corrected chi connectivity index (χ0v) is 18.6. The van der Waals surface area contributed by atoms with E-state index in [-0.39, 0.29) is 28.4 Å². The SMILES string of the molecule is C=S1(=O)C[C@@](C)(c2cc(CC(=O)c3ncc(C)cc3F)cc(F)c2F)N=C(N)C1(C)C. The lowest BCUT2D eigenvalue weighted by Crippen LogP contribution is -2.54. The molecule has 1 aromatic carbocycles. The molecular weight excluding hydrogens is 427 g/mol. The van der Waals surface area contributed by atoms with Crippen LogP contribution in [0.1, 0.15) is 48.0 Å². The van der Waals surface area contributed by atoms with Gasteiger partial charge in [0, 0.05) is 23.9 Å². The second kappa shape index (κ2) is 7.47. The van der Waals surface area contributed by atoms with Crippen LogP contribution < -0.4 is 5.73 Å². The smallest absolute Gasteiger partial charge is 0.188 e. The van der Waals surface area contributed by atoms with Crippen LogP contribution in [0.3, 0.4) is 0 Å². The number of hydrogen-bond donors (Lipinski definition) is 1. The number of amidine groups is 1. The van der Waals surface area contributed by atoms with Crippen molar-refractivity contribution >= 4 is 27.0 Å². The predicted molar refractivity (Wildman–Crippen MR) is 117 cm³/mol. The predicted octanol–water partition coefficient (Wildman–Crippen LogP) is 3.31. The van der Waals surface area contributed by atoms with Crippen molar-refractivity contribution in [3.63, 3.8) is 0 Å². The fourth-order valence-corrected chi connectivity index (χ4v) is 5.46. The molecule has 0 saturated heterocycles. The number of ketones is 1. The Bertz CT molecular complexity index is 1220. The highest BCUT2D eigenvalue weighted by atomic mass is 32.2. The van der Waals surface area contributed by atoms with E-state index < -0.39 is 49.5 Å². The number of nitrogens with two attached hydrogens (primary N) is 1. The molecule has 166 valence electrons. The molecule has 0 amide bonds. The van der Waals surface area contributed by atoms with Crippen LogP contribution in [0.4, 0.5) is 13.2 Å². The van der Waals surface area contributed by atoms with Crippen molar-refractivity contribution in [2.75, 3.05) is 5.75 Å². The van der Waals surface area contributed by atoms with E-state index in [9.17, 15) is 22.2 Å². The first-order chi connectivity index (χ1) is 14.2. The topological polar surface area (TPSA) is 85.4 Å². The maximum atomic E-state index is 14.8. The molecule has 5 nitrogen and oxygen atoms in total. The Morgan fingerprint density at radius 3 is 2.42 bits per heavy atom. The summed E-state index contributed by atoms with van der Waals surface area (Å²) in [5, 5.41) is 0. The average molecular weight is 452 g/mol. The van der Waals surface area contributed by atoms with E-state index in [4.69, 9.17) is 5.73 Å². The van der Waals surface area contributed by atoms with Crippen molar-refractivity contribution in [2.45, 2.75) is 44.4 Å². The van der Waals surface area contributed by atoms with Gasteiger partial charge in [-0.25, -0.2) is 18.2 Å². The fraction of sp³-hybridized carbons (Fsp3) is 0.364. The zero-order valence-electron chi connectivity index (χ0n) is 17.8. The van der Waals surface area contributed by atoms with Crippen LogP contribution in [0.15, 0.2) is 29.4 Å². The molecule has 0 saturated carbocycles. The van der Waals surface area contributed by atoms with Gasteiger partial charge in [0.15, 0.2) is 23.2 Å². The molecule has 2 heterocycles. The third kappa shape index (κ3) is 3.98. The minimum atomic E-state index is -2.86. The first kappa shape index (κ1) is 23.0. The Balaban J connectivity index is 2.06. The Morgan fingerprint density at radius 2 is 1.84 bits per heavy atom. The van der Waals surface area contributed by atoms with Gasteiger partial charge in [-0.3, -0.25) is 14.0 Å². The number of rotatable bonds is 4. The lowest BCUT2D eigenvalue weighted by molar-refractivity contribution is 0.0983. The first-order valence-electron chi connectivity index (χ1n) is 9.52. The van der Waals surface area contributed by atoms with Crippen LogP contribution >= 0.6 is 0 Å². The van der Waals surface area contributed by atoms with Crippen LogP contribution in [-0.2, 0) is 21.5 Å². The number of halogens is 3. The molecule has 0 bridgehead atoms. The largest absolute Gasteiger partial charge is 0.386 e. The first-order valence-corrected chi connectivity index (χ1v) is 11.4. The van der Waals surface area contributed by atoms with Gasteiger partial charge in [0.2, 0.25) is 0 Å². The van der Waals surface area contributed by atoms with Gasteiger partial charge >= 0.3 is 0 Å². The molecule has 9 heteroatoms. The third-order valence-electron chi connectivity index (χ3n) is 5.70. The molecule has 31 heavy (non-hydrogen) atoms. The summed E-state index contributed by atoms with van der Waals surface area (Å²) in [6.07, 6.45) is 0.942. The number of carbonyl (C=O) groups is 1. The standard InChI is InChI=1S/C22H24F3N3O2S/c1-12-6-16(24)19(27-10-12)17(29)9-13-7-14(18(25)15(23)8-13)22(4)11-31(5,30)21(2,3)20(26)28-22/h6-8,10H,5,9,11H2,1-4H3,(H2,26,28)/t22-,31?/m0/s1. The van der Waals surface area contributed by atoms with Crippen molar-refractivity contribution < 1.29 is 22.2 Å². The van der Waals surface area contributed by atoms with Crippen molar-refractivity contribution in [3.05, 3.63) is 64.2 Å². The number of aryl methyl sites for hydroxylation is 1. The van der Waals surface area contributed by atoms with Gasteiger partial charge in [0.25, 0.3) is 0 Å². The summed E-state index contributed by atoms with van der Waals surface area (Å²) < 4.78 is 55.5. The second-order valence-electron chi connectivity index (χ2n) is 8.62. The monoisotopic (exact) mass is 451 g/mol. The highest BCUT2D eigenvalue weighted by Crippen LogP contribution is 2.38. The van der Waals surface area contributed by atoms with E-state index in [0.717, 1.165) is 6.07 Å². The zero-order chi connectivity index (χ0) is 23.4. The Kier molecular flexibility index (Phi) is 5.54. The molecule has 0 radical (unpaired) electrons. The summed E-state index contributed by atoms with van der Waals surface area (Å²) >= 11 is 0. The second-order valence-corrected chi connectivity index (χ2v) is 11.6. The molecule has 1 aliphatic heterocycles. The quantitative estimate of drug-likeness (QED) is 0.571. The number of aliphatic imine (C=N–C) groups is 1. The average Bonchev–Trinajstić information content (AvgIpc) is 2.62. The summed E-state index contributed by atoms with van der Waals surface area (Å²) in [6.45, 7) is 6.39. The molecule has 1 unspecified atom stereocenters. The molecule has 2 N–H and O–H groups in total. The molecule has 0 fully saturated rings. The normalized spacial score (nSPS) is 25.2. The van der Waals surface area contributed by atoms with E-state index >= 15 is 0 Å². The number of hydrogen-bond acceptors (Lipinski definition) is 5. The third-order valence-corrected chi connectivity index (χ3v) is 8.80. The van der Waals surface area contributed by atoms with E-state index in [2.05, 4.69) is 15.8 Å². The Hall–Kier alpha value is -2.68. The molecule has 0 spiro atoms. The van der Waals surface area contributed by atoms with Crippen molar-refractivity contribution in [2.24, 2.45) is 10.7 Å². The number of benzene rings is 1. The van der Waals surface area contributed by atoms with Gasteiger partial charge in [0.05, 0.1) is 10.3 Å². The summed E-state index contributed by atoms with van der Waals surface area (Å²) in [7, 11) is -2.86. The molecule has 1 aliphatic rings. The molecule has 0 aliphatic carbocycles. The van der Waals surface area contributed by atoms with Crippen LogP contribution in [-0.4, -0.2) is 37.2 Å². The molecular formula is C22H24F3N3O2S. The van der Waals surface area contributed by atoms with Crippen LogP contribution in [0.2, 0.25) is 0 Å². The van der Waals surface area contributed by atoms with Crippen molar-refractivity contribution in [1.29, 1.82) is 0 Å². The van der Waals surface area contributed by atoms with Crippen molar-refractivity contribution in [3.8, 4) is 0 Å². The number of Topliss-reactive ketones (excluding diaryl/α,β-unsaturated/α-hetero) is 1. The van der Waals surface area contributed by atoms with Gasteiger partial charge in [-0.05, 0) is 72.4 Å². The molecule has 3 rings (SSSR count). The maximum Gasteiger partial charge on any atom is 0.188 e. The maximum absolute atomic E-state index is 14.8. The number of nitrogens with zero attached hydrogens (tertiary/aromatic N) is 2. The highest BCUT2D eigenvalue weighted by molar-refractivity contribution is 8.02. The van der Waals surface area contributed by atoms with Crippen molar-refractivity contribution in [1.82, 2.24) is 4.98 Å². The summed E-state index contributed by atoms with van der Waals surface area (Å²) in [6, 6.07) is 3.31. The molecule has 2 atom stereocenters. The summed E-state index contributed by atoms with van der Waals surface area (Å²) in [5.74, 6) is -0.208. The Morgan fingerprint density at radius 1 is 1.19 bits per heavy atom. The Labute approximate surface area is 179 Å². The van der Waals surface area contributed by atoms with Gasteiger partial charge < -0.3 is 5.73 Å². The van der Waals surface area contributed by atoms with Crippen LogP contribution in [0, 0.1) is 24.4 Å². The summed E-state index contributed by atoms with van der Waals surface area (Å²) in [5.41, 5.74) is 4.65. The molecule has 1 aromatic heterocycles. The lowest BCUT2D eigenvalue weighted by Gasteiger charge is -2.41. The number of aromatic nitrogens is 1. The number of carbonyl (C=O) groups excluding carboxylic acids is 1. The van der Waals surface area contributed by atoms with Crippen LogP contribution in [0.5, 0.6) is 0 Å². The summed E-state index contributed by atoms with van der Waals surface area (Å²) in [4.78, 5) is 20.7. The number of pyridine rings is 1. The van der Waals surface area contributed by atoms with Gasteiger partial charge in [0.1, 0.15) is 11.5 Å². The lowest BCUT2D eigenvalue weighted by atomic mass is 9.90. The fourth-order valence-electron chi connectivity index (χ4n) is 3.54.